The lowest BCUT2D eigenvalue weighted by atomic mass is 10.2. The number of para-hydroxylation sites is 1. The van der Waals surface area contributed by atoms with Gasteiger partial charge in [-0.1, -0.05) is 24.3 Å². The molecule has 1 heterocycles. The van der Waals surface area contributed by atoms with Gasteiger partial charge in [-0.05, 0) is 23.6 Å². The average Bonchev–Trinajstić information content (AvgIpc) is 2.82. The highest BCUT2D eigenvalue weighted by Crippen LogP contribution is 2.22. The molecule has 0 N–H and O–H groups in total. The minimum atomic E-state index is -0.380. The second-order valence-corrected chi connectivity index (χ2v) is 4.02. The molecular weight excluding hydrogens is 228 g/mol. The highest BCUT2D eigenvalue weighted by Gasteiger charge is 2.08. The molecule has 0 saturated carbocycles. The minimum Gasteiger partial charge on any atom is -0.316 e. The third kappa shape index (κ3) is 1.64. The van der Waals surface area contributed by atoms with Gasteiger partial charge in [0.15, 0.2) is 0 Å². The summed E-state index contributed by atoms with van der Waals surface area (Å²) in [5, 5.41) is 11.9. The van der Waals surface area contributed by atoms with Gasteiger partial charge in [-0.2, -0.15) is 0 Å². The Morgan fingerprint density at radius 2 is 1.83 bits per heavy atom. The van der Waals surface area contributed by atoms with Crippen molar-refractivity contribution in [3.63, 3.8) is 0 Å². The fraction of sp³-hybridized carbons (Fsp3) is 0. The standard InChI is InChI=1S/C14H10N2O2/c17-16(18)13-6-3-5-12(10-13)15-9-8-11-4-1-2-7-14(11)15/h1-10H. The Bertz CT molecular complexity index is 731. The molecule has 88 valence electrons. The van der Waals surface area contributed by atoms with Crippen LogP contribution in [0.2, 0.25) is 0 Å². The van der Waals surface area contributed by atoms with Gasteiger partial charge in [-0.3, -0.25) is 10.1 Å². The Morgan fingerprint density at radius 3 is 2.67 bits per heavy atom. The molecule has 0 aliphatic heterocycles. The number of rotatable bonds is 2. The number of non-ortho nitro benzene ring substituents is 1. The van der Waals surface area contributed by atoms with Crippen LogP contribution in [0.5, 0.6) is 0 Å². The van der Waals surface area contributed by atoms with Crippen LogP contribution in [0.1, 0.15) is 0 Å². The lowest BCUT2D eigenvalue weighted by Gasteiger charge is -2.04. The zero-order valence-corrected chi connectivity index (χ0v) is 9.48. The van der Waals surface area contributed by atoms with Gasteiger partial charge in [0.25, 0.3) is 5.69 Å². The Kier molecular flexibility index (Phi) is 2.34. The molecule has 0 unspecified atom stereocenters. The van der Waals surface area contributed by atoms with Crippen molar-refractivity contribution in [3.8, 4) is 5.69 Å². The molecule has 0 bridgehead atoms. The maximum Gasteiger partial charge on any atom is 0.271 e. The van der Waals surface area contributed by atoms with Crippen molar-refractivity contribution in [2.24, 2.45) is 0 Å². The number of aromatic nitrogens is 1. The molecule has 0 aliphatic carbocycles. The summed E-state index contributed by atoms with van der Waals surface area (Å²) in [5.74, 6) is 0. The number of nitrogens with zero attached hydrogens (tertiary/aromatic N) is 2. The van der Waals surface area contributed by atoms with Crippen LogP contribution < -0.4 is 0 Å². The number of fused-ring (bicyclic) bond motifs is 1. The third-order valence-electron chi connectivity index (χ3n) is 2.92. The van der Waals surface area contributed by atoms with Crippen LogP contribution in [0.4, 0.5) is 5.69 Å². The highest BCUT2D eigenvalue weighted by atomic mass is 16.6. The van der Waals surface area contributed by atoms with Crippen molar-refractivity contribution >= 4 is 16.6 Å². The first-order valence-corrected chi connectivity index (χ1v) is 5.56. The molecule has 0 spiro atoms. The van der Waals surface area contributed by atoms with E-state index in [2.05, 4.69) is 0 Å². The van der Waals surface area contributed by atoms with Gasteiger partial charge in [0.05, 0.1) is 16.1 Å². The number of nitro benzene ring substituents is 1. The number of hydrogen-bond acceptors (Lipinski definition) is 2. The predicted molar refractivity (Wildman–Crippen MR) is 69.9 cm³/mol. The molecule has 0 saturated heterocycles. The van der Waals surface area contributed by atoms with E-state index in [-0.39, 0.29) is 10.6 Å². The first-order chi connectivity index (χ1) is 8.75. The molecule has 4 heteroatoms. The first kappa shape index (κ1) is 10.5. The smallest absolute Gasteiger partial charge is 0.271 e. The highest BCUT2D eigenvalue weighted by molar-refractivity contribution is 5.81. The molecule has 3 rings (SSSR count). The summed E-state index contributed by atoms with van der Waals surface area (Å²) < 4.78 is 1.95. The van der Waals surface area contributed by atoms with Crippen molar-refractivity contribution in [3.05, 3.63) is 70.9 Å². The Morgan fingerprint density at radius 1 is 1.00 bits per heavy atom. The predicted octanol–water partition coefficient (Wildman–Crippen LogP) is 3.54. The SMILES string of the molecule is O=[N+]([O-])c1cccc(-n2ccc3ccccc32)c1. The molecule has 2 aromatic carbocycles. The van der Waals surface area contributed by atoms with E-state index < -0.39 is 0 Å². The van der Waals surface area contributed by atoms with Gasteiger partial charge < -0.3 is 4.57 Å². The minimum absolute atomic E-state index is 0.102. The molecule has 0 radical (unpaired) electrons. The Labute approximate surface area is 103 Å². The van der Waals surface area contributed by atoms with E-state index in [4.69, 9.17) is 0 Å². The van der Waals surface area contributed by atoms with E-state index in [0.29, 0.717) is 0 Å². The summed E-state index contributed by atoms with van der Waals surface area (Å²) in [7, 11) is 0. The first-order valence-electron chi connectivity index (χ1n) is 5.56. The summed E-state index contributed by atoms with van der Waals surface area (Å²) in [6, 6.07) is 16.6. The van der Waals surface area contributed by atoms with Crippen LogP contribution in [0.15, 0.2) is 60.8 Å². The number of nitro groups is 1. The normalized spacial score (nSPS) is 10.7. The summed E-state index contributed by atoms with van der Waals surface area (Å²) in [6.07, 6.45) is 1.92. The van der Waals surface area contributed by atoms with Crippen molar-refractivity contribution in [2.75, 3.05) is 0 Å². The molecular formula is C14H10N2O2. The zero-order valence-electron chi connectivity index (χ0n) is 9.48. The largest absolute Gasteiger partial charge is 0.316 e. The molecule has 1 aromatic heterocycles. The molecule has 3 aromatic rings. The van der Waals surface area contributed by atoms with Crippen molar-refractivity contribution in [2.45, 2.75) is 0 Å². The van der Waals surface area contributed by atoms with Crippen molar-refractivity contribution in [1.29, 1.82) is 0 Å². The zero-order chi connectivity index (χ0) is 12.5. The molecule has 4 nitrogen and oxygen atoms in total. The van der Waals surface area contributed by atoms with Gasteiger partial charge in [0.1, 0.15) is 0 Å². The number of hydrogen-bond donors (Lipinski definition) is 0. The van der Waals surface area contributed by atoms with E-state index in [0.717, 1.165) is 16.6 Å². The van der Waals surface area contributed by atoms with E-state index in [1.807, 2.05) is 47.2 Å². The summed E-state index contributed by atoms with van der Waals surface area (Å²) in [5.41, 5.74) is 1.94. The topological polar surface area (TPSA) is 48.1 Å². The summed E-state index contributed by atoms with van der Waals surface area (Å²) in [6.45, 7) is 0. The fourth-order valence-corrected chi connectivity index (χ4v) is 2.06. The third-order valence-corrected chi connectivity index (χ3v) is 2.92. The Balaban J connectivity index is 2.20. The van der Waals surface area contributed by atoms with Crippen molar-refractivity contribution < 1.29 is 4.92 Å². The van der Waals surface area contributed by atoms with E-state index in [9.17, 15) is 10.1 Å². The fourth-order valence-electron chi connectivity index (χ4n) is 2.06. The molecule has 18 heavy (non-hydrogen) atoms. The van der Waals surface area contributed by atoms with Gasteiger partial charge in [-0.15, -0.1) is 0 Å². The quantitative estimate of drug-likeness (QED) is 0.506. The van der Waals surface area contributed by atoms with Crippen LogP contribution in [0.25, 0.3) is 16.6 Å². The van der Waals surface area contributed by atoms with Gasteiger partial charge in [0.2, 0.25) is 0 Å². The average molecular weight is 238 g/mol. The van der Waals surface area contributed by atoms with E-state index in [1.54, 1.807) is 12.1 Å². The summed E-state index contributed by atoms with van der Waals surface area (Å²) in [4.78, 5) is 10.4. The monoisotopic (exact) mass is 238 g/mol. The lowest BCUT2D eigenvalue weighted by molar-refractivity contribution is -0.384. The van der Waals surface area contributed by atoms with Crippen LogP contribution in [-0.4, -0.2) is 9.49 Å². The van der Waals surface area contributed by atoms with Crippen LogP contribution in [-0.2, 0) is 0 Å². The molecule has 0 atom stereocenters. The van der Waals surface area contributed by atoms with Crippen LogP contribution in [0, 0.1) is 10.1 Å². The lowest BCUT2D eigenvalue weighted by Crippen LogP contribution is -1.94. The molecule has 0 aliphatic rings. The van der Waals surface area contributed by atoms with Crippen molar-refractivity contribution in [1.82, 2.24) is 4.57 Å². The second kappa shape index (κ2) is 4.00. The van der Waals surface area contributed by atoms with Gasteiger partial charge >= 0.3 is 0 Å². The second-order valence-electron chi connectivity index (χ2n) is 4.02. The summed E-state index contributed by atoms with van der Waals surface area (Å²) >= 11 is 0. The maximum atomic E-state index is 10.8. The van der Waals surface area contributed by atoms with Gasteiger partial charge in [-0.25, -0.2) is 0 Å². The van der Waals surface area contributed by atoms with Crippen LogP contribution >= 0.6 is 0 Å². The number of benzene rings is 2. The molecule has 0 amide bonds. The van der Waals surface area contributed by atoms with Gasteiger partial charge in [0, 0.05) is 18.3 Å². The molecule has 0 fully saturated rings. The Hall–Kier alpha value is -2.62. The maximum absolute atomic E-state index is 10.8. The van der Waals surface area contributed by atoms with Crippen LogP contribution in [0.3, 0.4) is 0 Å². The van der Waals surface area contributed by atoms with E-state index >= 15 is 0 Å². The van der Waals surface area contributed by atoms with E-state index in [1.165, 1.54) is 6.07 Å².